The third-order valence-corrected chi connectivity index (χ3v) is 3.38. The third-order valence-electron chi connectivity index (χ3n) is 3.38. The summed E-state index contributed by atoms with van der Waals surface area (Å²) in [5, 5.41) is 0. The zero-order valence-corrected chi connectivity index (χ0v) is 11.9. The highest BCUT2D eigenvalue weighted by Crippen LogP contribution is 2.26. The van der Waals surface area contributed by atoms with E-state index in [9.17, 15) is 0 Å². The molecule has 19 heavy (non-hydrogen) atoms. The van der Waals surface area contributed by atoms with Gasteiger partial charge in [-0.05, 0) is 36.1 Å². The van der Waals surface area contributed by atoms with Gasteiger partial charge in [-0.15, -0.1) is 0 Å². The molecule has 0 bridgehead atoms. The summed E-state index contributed by atoms with van der Waals surface area (Å²) >= 11 is 0. The van der Waals surface area contributed by atoms with Gasteiger partial charge in [0.25, 0.3) is 0 Å². The van der Waals surface area contributed by atoms with Crippen LogP contribution >= 0.6 is 0 Å². The Morgan fingerprint density at radius 3 is 2.53 bits per heavy atom. The van der Waals surface area contributed by atoms with E-state index in [-0.39, 0.29) is 5.41 Å². The minimum absolute atomic E-state index is 0.249. The summed E-state index contributed by atoms with van der Waals surface area (Å²) in [6, 6.07) is 8.35. The first-order valence-electron chi connectivity index (χ1n) is 6.65. The molecule has 0 fully saturated rings. The lowest BCUT2D eigenvalue weighted by Crippen LogP contribution is -2.10. The Labute approximate surface area is 113 Å². The lowest BCUT2D eigenvalue weighted by atomic mass is 9.90. The van der Waals surface area contributed by atoms with Crippen molar-refractivity contribution in [3.8, 4) is 0 Å². The highest BCUT2D eigenvalue weighted by molar-refractivity contribution is 6.03. The Kier molecular flexibility index (Phi) is 2.59. The molecule has 0 aliphatic heterocycles. The van der Waals surface area contributed by atoms with Crippen LogP contribution in [0, 0.1) is 5.41 Å². The number of aryl methyl sites for hydroxylation is 1. The Bertz CT molecular complexity index is 748. The molecule has 0 spiro atoms. The van der Waals surface area contributed by atoms with Crippen LogP contribution in [0.5, 0.6) is 0 Å². The van der Waals surface area contributed by atoms with Crippen LogP contribution in [0.15, 0.2) is 30.5 Å². The van der Waals surface area contributed by atoms with Crippen LogP contribution in [0.25, 0.3) is 22.1 Å². The predicted molar refractivity (Wildman–Crippen MR) is 79.2 cm³/mol. The van der Waals surface area contributed by atoms with E-state index in [2.05, 4.69) is 55.6 Å². The van der Waals surface area contributed by atoms with Gasteiger partial charge in [-0.25, -0.2) is 4.98 Å². The Morgan fingerprint density at radius 2 is 1.79 bits per heavy atom. The maximum atomic E-state index is 4.83. The van der Waals surface area contributed by atoms with Crippen LogP contribution in [-0.4, -0.2) is 14.5 Å². The van der Waals surface area contributed by atoms with E-state index >= 15 is 0 Å². The van der Waals surface area contributed by atoms with Crippen molar-refractivity contribution >= 4 is 22.1 Å². The third kappa shape index (κ3) is 2.09. The standard InChI is InChI=1S/C16H19N3/c1-16(2,3)10-11-7-8-13-15(18-11)14-12(19(13)4)6-5-9-17-14/h5-9H,10H2,1-4H3. The number of hydrogen-bond donors (Lipinski definition) is 0. The van der Waals surface area contributed by atoms with Crippen LogP contribution in [-0.2, 0) is 13.5 Å². The summed E-state index contributed by atoms with van der Waals surface area (Å²) in [5.74, 6) is 0. The first kappa shape index (κ1) is 12.2. The fraction of sp³-hybridized carbons (Fsp3) is 0.375. The second-order valence-corrected chi connectivity index (χ2v) is 6.34. The summed E-state index contributed by atoms with van der Waals surface area (Å²) in [6.07, 6.45) is 2.81. The molecule has 0 saturated carbocycles. The van der Waals surface area contributed by atoms with Crippen molar-refractivity contribution in [2.45, 2.75) is 27.2 Å². The molecule has 3 aromatic rings. The van der Waals surface area contributed by atoms with E-state index < -0.39 is 0 Å². The summed E-state index contributed by atoms with van der Waals surface area (Å²) in [5.41, 5.74) is 5.68. The molecule has 0 atom stereocenters. The van der Waals surface area contributed by atoms with Crippen molar-refractivity contribution in [2.75, 3.05) is 0 Å². The smallest absolute Gasteiger partial charge is 0.115 e. The molecule has 0 aliphatic carbocycles. The van der Waals surface area contributed by atoms with Crippen LogP contribution in [0.1, 0.15) is 26.5 Å². The van der Waals surface area contributed by atoms with Crippen LogP contribution in [0.3, 0.4) is 0 Å². The number of aromatic nitrogens is 3. The van der Waals surface area contributed by atoms with Gasteiger partial charge in [-0.1, -0.05) is 20.8 Å². The number of pyridine rings is 2. The number of nitrogens with zero attached hydrogens (tertiary/aromatic N) is 3. The topological polar surface area (TPSA) is 30.7 Å². The molecular weight excluding hydrogens is 234 g/mol. The Balaban J connectivity index is 2.25. The molecule has 0 saturated heterocycles. The van der Waals surface area contributed by atoms with E-state index in [1.807, 2.05) is 12.3 Å². The van der Waals surface area contributed by atoms with Gasteiger partial charge in [0.2, 0.25) is 0 Å². The van der Waals surface area contributed by atoms with E-state index in [1.165, 1.54) is 0 Å². The summed E-state index contributed by atoms with van der Waals surface area (Å²) in [4.78, 5) is 9.31. The number of rotatable bonds is 1. The molecule has 0 N–H and O–H groups in total. The Morgan fingerprint density at radius 1 is 1.05 bits per heavy atom. The SMILES string of the molecule is Cn1c2cccnc2c2nc(CC(C)(C)C)ccc21. The molecule has 3 aromatic heterocycles. The van der Waals surface area contributed by atoms with Crippen molar-refractivity contribution < 1.29 is 0 Å². The zero-order chi connectivity index (χ0) is 13.6. The van der Waals surface area contributed by atoms with Gasteiger partial charge in [0.05, 0.1) is 11.0 Å². The van der Waals surface area contributed by atoms with E-state index in [1.54, 1.807) is 0 Å². The number of hydrogen-bond acceptors (Lipinski definition) is 2. The lowest BCUT2D eigenvalue weighted by Gasteiger charge is -2.17. The number of fused-ring (bicyclic) bond motifs is 3. The van der Waals surface area contributed by atoms with Crippen molar-refractivity contribution in [1.29, 1.82) is 0 Å². The van der Waals surface area contributed by atoms with Gasteiger partial charge in [0.15, 0.2) is 0 Å². The predicted octanol–water partition coefficient (Wildman–Crippen LogP) is 3.71. The Hall–Kier alpha value is -1.90. The molecule has 0 aromatic carbocycles. The van der Waals surface area contributed by atoms with Crippen LogP contribution < -0.4 is 0 Å². The summed E-state index contributed by atoms with van der Waals surface area (Å²) in [6.45, 7) is 6.71. The van der Waals surface area contributed by atoms with Gasteiger partial charge in [0, 0.05) is 18.9 Å². The largest absolute Gasteiger partial charge is 0.341 e. The molecule has 3 heteroatoms. The summed E-state index contributed by atoms with van der Waals surface area (Å²) < 4.78 is 2.16. The molecule has 0 aliphatic rings. The quantitative estimate of drug-likeness (QED) is 0.662. The zero-order valence-electron chi connectivity index (χ0n) is 11.9. The van der Waals surface area contributed by atoms with Crippen LogP contribution in [0.2, 0.25) is 0 Å². The first-order chi connectivity index (χ1) is 8.96. The lowest BCUT2D eigenvalue weighted by molar-refractivity contribution is 0.407. The van der Waals surface area contributed by atoms with Gasteiger partial charge < -0.3 is 4.57 Å². The molecule has 3 heterocycles. The molecule has 98 valence electrons. The van der Waals surface area contributed by atoms with Gasteiger partial charge in [0.1, 0.15) is 11.0 Å². The molecule has 0 amide bonds. The fourth-order valence-corrected chi connectivity index (χ4v) is 2.56. The van der Waals surface area contributed by atoms with Crippen LogP contribution in [0.4, 0.5) is 0 Å². The minimum atomic E-state index is 0.249. The summed E-state index contributed by atoms with van der Waals surface area (Å²) in [7, 11) is 2.07. The molecular formula is C16H19N3. The van der Waals surface area contributed by atoms with Gasteiger partial charge in [-0.2, -0.15) is 0 Å². The molecule has 0 radical (unpaired) electrons. The van der Waals surface area contributed by atoms with Crippen molar-refractivity contribution in [3.63, 3.8) is 0 Å². The normalized spacial score (nSPS) is 12.4. The molecule has 3 nitrogen and oxygen atoms in total. The maximum Gasteiger partial charge on any atom is 0.115 e. The van der Waals surface area contributed by atoms with Crippen molar-refractivity contribution in [3.05, 3.63) is 36.2 Å². The fourth-order valence-electron chi connectivity index (χ4n) is 2.56. The average Bonchev–Trinajstić information content (AvgIpc) is 2.62. The molecule has 0 unspecified atom stereocenters. The van der Waals surface area contributed by atoms with Gasteiger partial charge >= 0.3 is 0 Å². The monoisotopic (exact) mass is 253 g/mol. The highest BCUT2D eigenvalue weighted by Gasteiger charge is 2.15. The van der Waals surface area contributed by atoms with Crippen molar-refractivity contribution in [2.24, 2.45) is 12.5 Å². The van der Waals surface area contributed by atoms with Gasteiger partial charge in [-0.3, -0.25) is 4.98 Å². The van der Waals surface area contributed by atoms with E-state index in [0.29, 0.717) is 0 Å². The second-order valence-electron chi connectivity index (χ2n) is 6.34. The van der Waals surface area contributed by atoms with E-state index in [0.717, 1.165) is 34.2 Å². The highest BCUT2D eigenvalue weighted by atomic mass is 15.0. The molecule has 3 rings (SSSR count). The minimum Gasteiger partial charge on any atom is -0.341 e. The van der Waals surface area contributed by atoms with E-state index in [4.69, 9.17) is 4.98 Å². The average molecular weight is 253 g/mol. The first-order valence-corrected chi connectivity index (χ1v) is 6.65. The maximum absolute atomic E-state index is 4.83. The second kappa shape index (κ2) is 4.05. The van der Waals surface area contributed by atoms with Crippen molar-refractivity contribution in [1.82, 2.24) is 14.5 Å².